The summed E-state index contributed by atoms with van der Waals surface area (Å²) in [6.45, 7) is 3.60. The number of halogens is 1. The number of hydrogen-bond acceptors (Lipinski definition) is 3. The fourth-order valence-corrected chi connectivity index (χ4v) is 1.72. The molecule has 2 aromatic rings. The predicted molar refractivity (Wildman–Crippen MR) is 68.0 cm³/mol. The maximum Gasteiger partial charge on any atom is 0.199 e. The zero-order chi connectivity index (χ0) is 13.3. The number of aromatic nitrogens is 1. The molecule has 0 fully saturated rings. The van der Waals surface area contributed by atoms with E-state index in [-0.39, 0.29) is 16.9 Å². The first-order valence-electron chi connectivity index (χ1n) is 5.52. The minimum Gasteiger partial charge on any atom is -0.383 e. The molecule has 3 nitrogen and oxygen atoms in total. The van der Waals surface area contributed by atoms with E-state index < -0.39 is 11.6 Å². The minimum atomic E-state index is -0.550. The third-order valence-corrected chi connectivity index (χ3v) is 2.67. The summed E-state index contributed by atoms with van der Waals surface area (Å²) in [4.78, 5) is 16.1. The number of ketones is 1. The highest BCUT2D eigenvalue weighted by molar-refractivity contribution is 6.11. The van der Waals surface area contributed by atoms with E-state index in [0.29, 0.717) is 0 Å². The molecule has 0 atom stereocenters. The Labute approximate surface area is 104 Å². The third kappa shape index (κ3) is 2.22. The zero-order valence-corrected chi connectivity index (χ0v) is 10.2. The number of nitrogen functional groups attached to an aromatic ring is 1. The van der Waals surface area contributed by atoms with E-state index in [9.17, 15) is 9.18 Å². The largest absolute Gasteiger partial charge is 0.383 e. The van der Waals surface area contributed by atoms with Crippen molar-refractivity contribution in [3.8, 4) is 0 Å². The summed E-state index contributed by atoms with van der Waals surface area (Å²) in [5.41, 5.74) is 7.54. The summed E-state index contributed by atoms with van der Waals surface area (Å²) in [5.74, 6) is -0.872. The number of pyridine rings is 1. The Hall–Kier alpha value is -2.23. The predicted octanol–water partition coefficient (Wildman–Crippen LogP) is 2.65. The highest BCUT2D eigenvalue weighted by atomic mass is 19.1. The standard InChI is InChI=1S/C14H13FN2O/c1-8-3-4-12(15)10(5-8)13(18)11-6-9(2)7-17-14(11)16/h3-7H,1-2H3,(H2,16,17). The normalized spacial score (nSPS) is 10.4. The summed E-state index contributed by atoms with van der Waals surface area (Å²) in [7, 11) is 0. The van der Waals surface area contributed by atoms with E-state index in [1.807, 2.05) is 0 Å². The van der Waals surface area contributed by atoms with E-state index in [1.165, 1.54) is 12.1 Å². The number of anilines is 1. The molecule has 0 radical (unpaired) electrons. The first-order chi connectivity index (χ1) is 8.49. The number of benzene rings is 1. The van der Waals surface area contributed by atoms with Crippen LogP contribution in [0.3, 0.4) is 0 Å². The molecule has 0 bridgehead atoms. The molecule has 0 saturated carbocycles. The lowest BCUT2D eigenvalue weighted by Gasteiger charge is -2.07. The van der Waals surface area contributed by atoms with Gasteiger partial charge >= 0.3 is 0 Å². The first kappa shape index (κ1) is 12.2. The molecule has 2 N–H and O–H groups in total. The fourth-order valence-electron chi connectivity index (χ4n) is 1.72. The monoisotopic (exact) mass is 244 g/mol. The Kier molecular flexibility index (Phi) is 3.10. The van der Waals surface area contributed by atoms with Crippen molar-refractivity contribution in [2.75, 3.05) is 5.73 Å². The van der Waals surface area contributed by atoms with Crippen molar-refractivity contribution >= 4 is 11.6 Å². The van der Waals surface area contributed by atoms with Gasteiger partial charge in [-0.3, -0.25) is 4.79 Å². The van der Waals surface area contributed by atoms with Gasteiger partial charge in [0.15, 0.2) is 5.78 Å². The summed E-state index contributed by atoms with van der Waals surface area (Å²) in [6, 6.07) is 6.03. The SMILES string of the molecule is Cc1ccc(F)c(C(=O)c2cc(C)cnc2N)c1. The topological polar surface area (TPSA) is 56.0 Å². The molecule has 0 amide bonds. The lowest BCUT2D eigenvalue weighted by molar-refractivity contribution is 0.103. The molecule has 2 rings (SSSR count). The second kappa shape index (κ2) is 4.56. The van der Waals surface area contributed by atoms with Crippen molar-refractivity contribution in [1.82, 2.24) is 4.98 Å². The molecule has 0 saturated heterocycles. The van der Waals surface area contributed by atoms with Crippen LogP contribution in [0, 0.1) is 19.7 Å². The molecule has 18 heavy (non-hydrogen) atoms. The van der Waals surface area contributed by atoms with Crippen LogP contribution < -0.4 is 5.73 Å². The summed E-state index contributed by atoms with van der Waals surface area (Å²) in [5, 5.41) is 0. The fraction of sp³-hybridized carbons (Fsp3) is 0.143. The molecule has 1 aromatic carbocycles. The van der Waals surface area contributed by atoms with Crippen molar-refractivity contribution in [1.29, 1.82) is 0 Å². The van der Waals surface area contributed by atoms with Crippen LogP contribution in [0.1, 0.15) is 27.0 Å². The van der Waals surface area contributed by atoms with Gasteiger partial charge in [0.1, 0.15) is 11.6 Å². The number of nitrogens with two attached hydrogens (primary N) is 1. The molecular weight excluding hydrogens is 231 g/mol. The van der Waals surface area contributed by atoms with Gasteiger partial charge in [0.05, 0.1) is 11.1 Å². The second-order valence-corrected chi connectivity index (χ2v) is 4.26. The van der Waals surface area contributed by atoms with Crippen LogP contribution in [-0.4, -0.2) is 10.8 Å². The van der Waals surface area contributed by atoms with Gasteiger partial charge in [-0.1, -0.05) is 11.6 Å². The van der Waals surface area contributed by atoms with Crippen molar-refractivity contribution in [3.63, 3.8) is 0 Å². The van der Waals surface area contributed by atoms with Crippen molar-refractivity contribution in [2.45, 2.75) is 13.8 Å². The van der Waals surface area contributed by atoms with Gasteiger partial charge in [-0.2, -0.15) is 0 Å². The van der Waals surface area contributed by atoms with Gasteiger partial charge in [-0.05, 0) is 37.6 Å². The van der Waals surface area contributed by atoms with E-state index in [2.05, 4.69) is 4.98 Å². The number of aryl methyl sites for hydroxylation is 2. The molecule has 1 heterocycles. The number of carbonyl (C=O) groups is 1. The quantitative estimate of drug-likeness (QED) is 0.826. The lowest BCUT2D eigenvalue weighted by Crippen LogP contribution is -2.09. The van der Waals surface area contributed by atoms with Crippen LogP contribution >= 0.6 is 0 Å². The van der Waals surface area contributed by atoms with Crippen molar-refractivity contribution in [3.05, 3.63) is 58.5 Å². The zero-order valence-electron chi connectivity index (χ0n) is 10.2. The van der Waals surface area contributed by atoms with Crippen molar-refractivity contribution in [2.24, 2.45) is 0 Å². The molecular formula is C14H13FN2O. The molecule has 0 aliphatic heterocycles. The van der Waals surface area contributed by atoms with Gasteiger partial charge in [-0.15, -0.1) is 0 Å². The van der Waals surface area contributed by atoms with Crippen LogP contribution in [0.5, 0.6) is 0 Å². The van der Waals surface area contributed by atoms with Crippen LogP contribution in [0.4, 0.5) is 10.2 Å². The average Bonchev–Trinajstić information content (AvgIpc) is 2.34. The molecule has 0 spiro atoms. The number of rotatable bonds is 2. The molecule has 4 heteroatoms. The van der Waals surface area contributed by atoms with Crippen LogP contribution in [0.2, 0.25) is 0 Å². The molecule has 92 valence electrons. The van der Waals surface area contributed by atoms with Crippen LogP contribution in [-0.2, 0) is 0 Å². The van der Waals surface area contributed by atoms with E-state index >= 15 is 0 Å². The highest BCUT2D eigenvalue weighted by Gasteiger charge is 2.17. The Morgan fingerprint density at radius 1 is 1.17 bits per heavy atom. The highest BCUT2D eigenvalue weighted by Crippen LogP contribution is 2.19. The third-order valence-electron chi connectivity index (χ3n) is 2.67. The molecule has 0 unspecified atom stereocenters. The average molecular weight is 244 g/mol. The smallest absolute Gasteiger partial charge is 0.199 e. The number of nitrogens with zero attached hydrogens (tertiary/aromatic N) is 1. The molecule has 0 aliphatic rings. The van der Waals surface area contributed by atoms with Gasteiger partial charge in [0, 0.05) is 6.20 Å². The number of carbonyl (C=O) groups excluding carboxylic acids is 1. The summed E-state index contributed by atoms with van der Waals surface area (Å²) in [6.07, 6.45) is 1.57. The van der Waals surface area contributed by atoms with Crippen molar-refractivity contribution < 1.29 is 9.18 Å². The van der Waals surface area contributed by atoms with E-state index in [4.69, 9.17) is 5.73 Å². The number of hydrogen-bond donors (Lipinski definition) is 1. The first-order valence-corrected chi connectivity index (χ1v) is 5.52. The maximum absolute atomic E-state index is 13.7. The molecule has 0 aliphatic carbocycles. The van der Waals surface area contributed by atoms with E-state index in [0.717, 1.165) is 11.1 Å². The summed E-state index contributed by atoms with van der Waals surface area (Å²) < 4.78 is 13.7. The second-order valence-electron chi connectivity index (χ2n) is 4.26. The van der Waals surface area contributed by atoms with E-state index in [1.54, 1.807) is 32.2 Å². The maximum atomic E-state index is 13.7. The Balaban J connectivity index is 2.54. The Morgan fingerprint density at radius 2 is 1.83 bits per heavy atom. The minimum absolute atomic E-state index is 0.0223. The van der Waals surface area contributed by atoms with Gasteiger partial charge < -0.3 is 5.73 Å². The molecule has 1 aromatic heterocycles. The van der Waals surface area contributed by atoms with Gasteiger partial charge in [-0.25, -0.2) is 9.37 Å². The van der Waals surface area contributed by atoms with Crippen LogP contribution in [0.25, 0.3) is 0 Å². The Morgan fingerprint density at radius 3 is 2.56 bits per heavy atom. The summed E-state index contributed by atoms with van der Waals surface area (Å²) >= 11 is 0. The van der Waals surface area contributed by atoms with Gasteiger partial charge in [0.2, 0.25) is 0 Å². The van der Waals surface area contributed by atoms with Gasteiger partial charge in [0.25, 0.3) is 0 Å². The van der Waals surface area contributed by atoms with Crippen LogP contribution in [0.15, 0.2) is 30.5 Å². The Bertz CT molecular complexity index is 570. The lowest BCUT2D eigenvalue weighted by atomic mass is 10.0.